The first-order valence-electron chi connectivity index (χ1n) is 8.37. The van der Waals surface area contributed by atoms with Gasteiger partial charge in [-0.15, -0.1) is 6.42 Å². The molecule has 0 spiro atoms. The fourth-order valence-corrected chi connectivity index (χ4v) is 3.25. The molecule has 0 saturated heterocycles. The quantitative estimate of drug-likeness (QED) is 0.592. The maximum Gasteiger partial charge on any atom is 0.360 e. The topological polar surface area (TPSA) is 86.2 Å². The van der Waals surface area contributed by atoms with E-state index in [-0.39, 0.29) is 16.3 Å². The van der Waals surface area contributed by atoms with Gasteiger partial charge < -0.3 is 4.74 Å². The summed E-state index contributed by atoms with van der Waals surface area (Å²) in [6, 6.07) is 6.30. The fourth-order valence-electron chi connectivity index (χ4n) is 2.19. The first-order chi connectivity index (χ1) is 12.5. The van der Waals surface area contributed by atoms with Gasteiger partial charge in [0.15, 0.2) is 15.5 Å². The van der Waals surface area contributed by atoms with E-state index in [2.05, 4.69) is 15.9 Å². The van der Waals surface area contributed by atoms with Gasteiger partial charge in [0.2, 0.25) is 0 Å². The van der Waals surface area contributed by atoms with Crippen LogP contribution in [0.25, 0.3) is 11.3 Å². The number of terminal acetylenes is 1. The van der Waals surface area contributed by atoms with Crippen molar-refractivity contribution in [2.24, 2.45) is 0 Å². The highest BCUT2D eigenvalue weighted by Crippen LogP contribution is 2.23. The molecule has 0 aliphatic carbocycles. The number of rotatable bonds is 4. The van der Waals surface area contributed by atoms with Crippen LogP contribution in [0, 0.1) is 12.3 Å². The second-order valence-electron chi connectivity index (χ2n) is 7.22. The van der Waals surface area contributed by atoms with Gasteiger partial charge in [-0.05, 0) is 52.7 Å². The van der Waals surface area contributed by atoms with Crippen molar-refractivity contribution in [1.82, 2.24) is 9.97 Å². The van der Waals surface area contributed by atoms with E-state index in [0.29, 0.717) is 11.3 Å². The predicted octanol–water partition coefficient (Wildman–Crippen LogP) is 3.26. The van der Waals surface area contributed by atoms with Crippen molar-refractivity contribution in [2.75, 3.05) is 0 Å². The van der Waals surface area contributed by atoms with Gasteiger partial charge in [0.05, 0.1) is 22.0 Å². The van der Waals surface area contributed by atoms with E-state index in [4.69, 9.17) is 11.2 Å². The second kappa shape index (κ2) is 7.49. The van der Waals surface area contributed by atoms with E-state index in [1.807, 2.05) is 0 Å². The number of carbonyl (C=O) groups is 1. The highest BCUT2D eigenvalue weighted by molar-refractivity contribution is 7.92. The molecule has 0 fully saturated rings. The maximum atomic E-state index is 12.2. The minimum Gasteiger partial charge on any atom is -0.455 e. The Morgan fingerprint density at radius 2 is 1.78 bits per heavy atom. The molecule has 2 rings (SSSR count). The number of ether oxygens (including phenoxy) is 1. The van der Waals surface area contributed by atoms with Crippen LogP contribution in [0.5, 0.6) is 0 Å². The molecule has 1 aromatic carbocycles. The normalized spacial score (nSPS) is 11.9. The van der Waals surface area contributed by atoms with Crippen molar-refractivity contribution in [2.45, 2.75) is 50.4 Å². The minimum absolute atomic E-state index is 0.0322. The summed E-state index contributed by atoms with van der Waals surface area (Å²) >= 11 is 0. The zero-order valence-electron chi connectivity index (χ0n) is 16.0. The molecule has 7 heteroatoms. The third kappa shape index (κ3) is 4.72. The van der Waals surface area contributed by atoms with Crippen LogP contribution in [0.15, 0.2) is 35.4 Å². The third-order valence-corrected chi connectivity index (χ3v) is 5.77. The van der Waals surface area contributed by atoms with Crippen molar-refractivity contribution < 1.29 is 17.9 Å². The molecule has 6 nitrogen and oxygen atoms in total. The molecular weight excluding hydrogens is 364 g/mol. The third-order valence-electron chi connectivity index (χ3n) is 3.60. The van der Waals surface area contributed by atoms with Gasteiger partial charge in [-0.2, -0.15) is 0 Å². The first-order valence-corrected chi connectivity index (χ1v) is 9.91. The van der Waals surface area contributed by atoms with E-state index in [1.54, 1.807) is 46.8 Å². The summed E-state index contributed by atoms with van der Waals surface area (Å²) in [5, 5.41) is -0.510. The Bertz CT molecular complexity index is 996. The molecule has 142 valence electrons. The van der Waals surface area contributed by atoms with Gasteiger partial charge >= 0.3 is 5.97 Å². The van der Waals surface area contributed by atoms with Crippen molar-refractivity contribution in [3.63, 3.8) is 0 Å². The molecule has 0 atom stereocenters. The van der Waals surface area contributed by atoms with Crippen LogP contribution in [-0.4, -0.2) is 35.2 Å². The molecule has 0 aliphatic rings. The molecule has 0 bridgehead atoms. The highest BCUT2D eigenvalue weighted by Gasteiger charge is 2.23. The van der Waals surface area contributed by atoms with Crippen LogP contribution >= 0.6 is 0 Å². The fraction of sp³-hybridized carbons (Fsp3) is 0.350. The Balaban J connectivity index is 2.38. The molecule has 0 unspecified atom stereocenters. The summed E-state index contributed by atoms with van der Waals surface area (Å²) in [4.78, 5) is 20.9. The first kappa shape index (κ1) is 20.6. The number of hydrogen-bond donors (Lipinski definition) is 0. The number of esters is 1. The standard InChI is InChI=1S/C20H22N2O4S/c1-7-16-18(19(23)26-20(4,5)6)21-12-17(22-16)14-8-10-15(11-9-14)27(24,25)13(2)3/h1,8-13H,2-6H3. The van der Waals surface area contributed by atoms with Crippen LogP contribution in [0.2, 0.25) is 0 Å². The van der Waals surface area contributed by atoms with Gasteiger partial charge in [-0.25, -0.2) is 23.2 Å². The SMILES string of the molecule is C#Cc1nc(-c2ccc(S(=O)(=O)C(C)C)cc2)cnc1C(=O)OC(C)(C)C. The van der Waals surface area contributed by atoms with Gasteiger partial charge in [-0.3, -0.25) is 0 Å². The van der Waals surface area contributed by atoms with Crippen molar-refractivity contribution in [3.8, 4) is 23.6 Å². The monoisotopic (exact) mass is 386 g/mol. The lowest BCUT2D eigenvalue weighted by Crippen LogP contribution is -2.25. The predicted molar refractivity (Wildman–Crippen MR) is 103 cm³/mol. The minimum atomic E-state index is -3.35. The number of aromatic nitrogens is 2. The van der Waals surface area contributed by atoms with Crippen LogP contribution in [-0.2, 0) is 14.6 Å². The number of carbonyl (C=O) groups excluding carboxylic acids is 1. The molecule has 0 saturated carbocycles. The lowest BCUT2D eigenvalue weighted by atomic mass is 10.1. The zero-order chi connectivity index (χ0) is 20.4. The molecule has 1 aromatic heterocycles. The molecule has 0 aliphatic heterocycles. The van der Waals surface area contributed by atoms with Crippen molar-refractivity contribution >= 4 is 15.8 Å². The molecule has 0 radical (unpaired) electrons. The summed E-state index contributed by atoms with van der Waals surface area (Å²) < 4.78 is 29.7. The Hall–Kier alpha value is -2.72. The molecule has 0 amide bonds. The van der Waals surface area contributed by atoms with Gasteiger partial charge in [0.25, 0.3) is 0 Å². The van der Waals surface area contributed by atoms with E-state index < -0.39 is 26.7 Å². The smallest absolute Gasteiger partial charge is 0.360 e. The Labute approximate surface area is 159 Å². The number of benzene rings is 1. The van der Waals surface area contributed by atoms with E-state index >= 15 is 0 Å². The van der Waals surface area contributed by atoms with Gasteiger partial charge in [0, 0.05) is 5.56 Å². The summed E-state index contributed by atoms with van der Waals surface area (Å²) in [7, 11) is -3.35. The molecule has 2 aromatic rings. The lowest BCUT2D eigenvalue weighted by molar-refractivity contribution is 0.00620. The Kier molecular flexibility index (Phi) is 5.71. The van der Waals surface area contributed by atoms with Crippen LogP contribution in [0.3, 0.4) is 0 Å². The maximum absolute atomic E-state index is 12.2. The van der Waals surface area contributed by atoms with Gasteiger partial charge in [0.1, 0.15) is 11.3 Å². The highest BCUT2D eigenvalue weighted by atomic mass is 32.2. The average molecular weight is 386 g/mol. The summed E-state index contributed by atoms with van der Waals surface area (Å²) in [5.41, 5.74) is 0.429. The number of sulfone groups is 1. The van der Waals surface area contributed by atoms with E-state index in [9.17, 15) is 13.2 Å². The molecule has 1 heterocycles. The number of hydrogen-bond acceptors (Lipinski definition) is 6. The largest absolute Gasteiger partial charge is 0.455 e. The van der Waals surface area contributed by atoms with Crippen LogP contribution in [0.4, 0.5) is 0 Å². The summed E-state index contributed by atoms with van der Waals surface area (Å²) in [6.45, 7) is 8.49. The molecular formula is C20H22N2O4S. The second-order valence-corrected chi connectivity index (χ2v) is 9.72. The zero-order valence-corrected chi connectivity index (χ0v) is 16.8. The Morgan fingerprint density at radius 1 is 1.19 bits per heavy atom. The van der Waals surface area contributed by atoms with Crippen LogP contribution < -0.4 is 0 Å². The summed E-state index contributed by atoms with van der Waals surface area (Å²) in [6.07, 6.45) is 6.88. The van der Waals surface area contributed by atoms with Gasteiger partial charge in [-0.1, -0.05) is 12.1 Å². The van der Waals surface area contributed by atoms with E-state index in [0.717, 1.165) is 0 Å². The molecule has 27 heavy (non-hydrogen) atoms. The summed E-state index contributed by atoms with van der Waals surface area (Å²) in [5.74, 6) is 1.71. The average Bonchev–Trinajstić information content (AvgIpc) is 2.59. The van der Waals surface area contributed by atoms with Crippen molar-refractivity contribution in [3.05, 3.63) is 41.9 Å². The Morgan fingerprint density at radius 3 is 2.26 bits per heavy atom. The number of nitrogens with zero attached hydrogens (tertiary/aromatic N) is 2. The van der Waals surface area contributed by atoms with E-state index in [1.165, 1.54) is 18.3 Å². The molecule has 0 N–H and O–H groups in total. The lowest BCUT2D eigenvalue weighted by Gasteiger charge is -2.19. The van der Waals surface area contributed by atoms with Crippen LogP contribution in [0.1, 0.15) is 50.8 Å². The van der Waals surface area contributed by atoms with Crippen molar-refractivity contribution in [1.29, 1.82) is 0 Å².